The van der Waals surface area contributed by atoms with Gasteiger partial charge < -0.3 is 10.1 Å². The summed E-state index contributed by atoms with van der Waals surface area (Å²) >= 11 is 0. The molecule has 6 heteroatoms. The molecule has 0 atom stereocenters. The second-order valence-electron chi connectivity index (χ2n) is 8.17. The normalized spacial score (nSPS) is 13.6. The summed E-state index contributed by atoms with van der Waals surface area (Å²) < 4.78 is 20.3. The van der Waals surface area contributed by atoms with Crippen LogP contribution in [0.25, 0.3) is 16.3 Å². The average molecular weight is 467 g/mol. The number of imide groups is 1. The molecule has 2 amide bonds. The van der Waals surface area contributed by atoms with E-state index in [9.17, 15) is 14.0 Å². The number of fused-ring (bicyclic) bond motifs is 1. The lowest BCUT2D eigenvalue weighted by atomic mass is 10.0. The molecule has 0 unspecified atom stereocenters. The van der Waals surface area contributed by atoms with Crippen LogP contribution in [0.1, 0.15) is 18.9 Å². The highest BCUT2D eigenvalue weighted by Gasteiger charge is 2.41. The van der Waals surface area contributed by atoms with Crippen LogP contribution >= 0.6 is 0 Å². The Balaban J connectivity index is 1.62. The monoisotopic (exact) mass is 466 g/mol. The van der Waals surface area contributed by atoms with Gasteiger partial charge in [-0.15, -0.1) is 0 Å². The van der Waals surface area contributed by atoms with Crippen LogP contribution in [0, 0.1) is 5.82 Å². The van der Waals surface area contributed by atoms with Crippen molar-refractivity contribution >= 4 is 39.5 Å². The zero-order chi connectivity index (χ0) is 24.4. The second kappa shape index (κ2) is 9.43. The number of hydrogen-bond acceptors (Lipinski definition) is 4. The Hall–Kier alpha value is -4.45. The zero-order valence-electron chi connectivity index (χ0n) is 19.1. The number of anilines is 2. The quantitative estimate of drug-likeness (QED) is 0.331. The predicted molar refractivity (Wildman–Crippen MR) is 136 cm³/mol. The van der Waals surface area contributed by atoms with Crippen molar-refractivity contribution in [2.24, 2.45) is 0 Å². The van der Waals surface area contributed by atoms with Gasteiger partial charge in [-0.3, -0.25) is 9.59 Å². The Labute approximate surface area is 202 Å². The van der Waals surface area contributed by atoms with Gasteiger partial charge in [-0.2, -0.15) is 0 Å². The van der Waals surface area contributed by atoms with Gasteiger partial charge in [0.15, 0.2) is 0 Å². The average Bonchev–Trinajstić information content (AvgIpc) is 3.12. The maximum absolute atomic E-state index is 14.6. The lowest BCUT2D eigenvalue weighted by Gasteiger charge is -2.16. The Kier molecular flexibility index (Phi) is 6.02. The third kappa shape index (κ3) is 4.15. The lowest BCUT2D eigenvalue weighted by Crippen LogP contribution is -2.33. The Bertz CT molecular complexity index is 1460. The molecule has 1 aliphatic heterocycles. The first-order chi connectivity index (χ1) is 17.1. The summed E-state index contributed by atoms with van der Waals surface area (Å²) in [6, 6.07) is 26.2. The molecule has 174 valence electrons. The molecule has 35 heavy (non-hydrogen) atoms. The van der Waals surface area contributed by atoms with Crippen LogP contribution < -0.4 is 15.0 Å². The van der Waals surface area contributed by atoms with Gasteiger partial charge in [0.1, 0.15) is 17.3 Å². The van der Waals surface area contributed by atoms with E-state index in [-0.39, 0.29) is 17.0 Å². The van der Waals surface area contributed by atoms with Gasteiger partial charge in [0.2, 0.25) is 0 Å². The van der Waals surface area contributed by atoms with E-state index in [0.29, 0.717) is 23.6 Å². The van der Waals surface area contributed by atoms with Crippen LogP contribution in [0.4, 0.5) is 15.8 Å². The van der Waals surface area contributed by atoms with Crippen molar-refractivity contribution in [3.63, 3.8) is 0 Å². The van der Waals surface area contributed by atoms with Crippen molar-refractivity contribution in [1.29, 1.82) is 0 Å². The number of nitrogens with one attached hydrogen (secondary N) is 1. The van der Waals surface area contributed by atoms with Crippen molar-refractivity contribution in [1.82, 2.24) is 0 Å². The molecule has 0 saturated carbocycles. The minimum atomic E-state index is -0.650. The summed E-state index contributed by atoms with van der Waals surface area (Å²) in [6.07, 6.45) is 0.872. The van der Waals surface area contributed by atoms with Crippen molar-refractivity contribution in [2.75, 3.05) is 16.8 Å². The molecule has 5 nitrogen and oxygen atoms in total. The van der Waals surface area contributed by atoms with Crippen LogP contribution in [-0.4, -0.2) is 18.4 Å². The summed E-state index contributed by atoms with van der Waals surface area (Å²) in [5.74, 6) is -1.19. The minimum absolute atomic E-state index is 0.0855. The number of carbonyl (C=O) groups excluding carboxylic acids is 2. The van der Waals surface area contributed by atoms with Gasteiger partial charge >= 0.3 is 0 Å². The SMILES string of the molecule is CCCOc1ccc(C2=C(Nc3cccc4ccccc34)C(=O)N(c3ccccc3F)C2=O)cc1. The minimum Gasteiger partial charge on any atom is -0.494 e. The summed E-state index contributed by atoms with van der Waals surface area (Å²) in [5.41, 5.74) is 1.39. The van der Waals surface area contributed by atoms with Crippen molar-refractivity contribution in [2.45, 2.75) is 13.3 Å². The van der Waals surface area contributed by atoms with E-state index >= 15 is 0 Å². The fourth-order valence-electron chi connectivity index (χ4n) is 4.17. The molecule has 1 N–H and O–H groups in total. The molecular weight excluding hydrogens is 443 g/mol. The summed E-state index contributed by atoms with van der Waals surface area (Å²) in [7, 11) is 0. The molecule has 0 spiro atoms. The van der Waals surface area contributed by atoms with Crippen LogP contribution in [0.15, 0.2) is 96.7 Å². The first kappa shape index (κ1) is 22.3. The number of amides is 2. The molecule has 0 fully saturated rings. The lowest BCUT2D eigenvalue weighted by molar-refractivity contribution is -0.120. The van der Waals surface area contributed by atoms with Crippen molar-refractivity contribution < 1.29 is 18.7 Å². The number of ether oxygens (including phenoxy) is 1. The van der Waals surface area contributed by atoms with Gasteiger partial charge in [0, 0.05) is 11.1 Å². The highest BCUT2D eigenvalue weighted by atomic mass is 19.1. The number of para-hydroxylation sites is 1. The summed E-state index contributed by atoms with van der Waals surface area (Å²) in [6.45, 7) is 2.60. The van der Waals surface area contributed by atoms with Gasteiger partial charge in [0.05, 0.1) is 17.9 Å². The maximum Gasteiger partial charge on any atom is 0.282 e. The number of rotatable bonds is 7. The number of hydrogen-bond donors (Lipinski definition) is 1. The van der Waals surface area contributed by atoms with E-state index < -0.39 is 17.6 Å². The van der Waals surface area contributed by atoms with E-state index in [1.807, 2.05) is 49.4 Å². The number of halogens is 1. The van der Waals surface area contributed by atoms with E-state index in [1.165, 1.54) is 18.2 Å². The van der Waals surface area contributed by atoms with Crippen molar-refractivity contribution in [3.05, 3.63) is 108 Å². The first-order valence-electron chi connectivity index (χ1n) is 11.4. The molecule has 0 bridgehead atoms. The number of nitrogens with zero attached hydrogens (tertiary/aromatic N) is 1. The Morgan fingerprint density at radius 2 is 1.54 bits per heavy atom. The molecule has 4 aromatic rings. The highest BCUT2D eigenvalue weighted by Crippen LogP contribution is 2.36. The molecule has 4 aromatic carbocycles. The first-order valence-corrected chi connectivity index (χ1v) is 11.4. The summed E-state index contributed by atoms with van der Waals surface area (Å²) in [5, 5.41) is 5.08. The van der Waals surface area contributed by atoms with Gasteiger partial charge in [-0.1, -0.05) is 67.6 Å². The van der Waals surface area contributed by atoms with Crippen LogP contribution in [0.5, 0.6) is 5.75 Å². The number of carbonyl (C=O) groups is 2. The third-order valence-electron chi connectivity index (χ3n) is 5.84. The van der Waals surface area contributed by atoms with Crippen LogP contribution in [-0.2, 0) is 9.59 Å². The van der Waals surface area contributed by atoms with Gasteiger partial charge in [-0.25, -0.2) is 9.29 Å². The maximum atomic E-state index is 14.6. The van der Waals surface area contributed by atoms with Crippen LogP contribution in [0.2, 0.25) is 0 Å². The fraction of sp³-hybridized carbons (Fsp3) is 0.103. The predicted octanol–water partition coefficient (Wildman–Crippen LogP) is 6.16. The second-order valence-corrected chi connectivity index (χ2v) is 8.17. The highest BCUT2D eigenvalue weighted by molar-refractivity contribution is 6.46. The summed E-state index contributed by atoms with van der Waals surface area (Å²) in [4.78, 5) is 28.1. The Morgan fingerprint density at radius 3 is 2.31 bits per heavy atom. The third-order valence-corrected chi connectivity index (χ3v) is 5.84. The van der Waals surface area contributed by atoms with E-state index in [0.717, 1.165) is 22.1 Å². The largest absolute Gasteiger partial charge is 0.494 e. The smallest absolute Gasteiger partial charge is 0.282 e. The molecule has 0 aliphatic carbocycles. The molecule has 0 saturated heterocycles. The molecule has 1 heterocycles. The van der Waals surface area contributed by atoms with Crippen molar-refractivity contribution in [3.8, 4) is 5.75 Å². The Morgan fingerprint density at radius 1 is 0.829 bits per heavy atom. The van der Waals surface area contributed by atoms with E-state index in [1.54, 1.807) is 30.3 Å². The topological polar surface area (TPSA) is 58.6 Å². The van der Waals surface area contributed by atoms with E-state index in [2.05, 4.69) is 5.32 Å². The molecule has 1 aliphatic rings. The number of benzene rings is 4. The molecule has 0 radical (unpaired) electrons. The standard InChI is InChI=1S/C29H23FN2O3/c1-2-18-35-21-16-14-20(15-17-21)26-27(31-24-12-7-9-19-8-3-4-10-22(19)24)29(34)32(28(26)33)25-13-6-5-11-23(25)30/h3-17,31H,2,18H2,1H3. The van der Waals surface area contributed by atoms with Gasteiger partial charge in [0.25, 0.3) is 11.8 Å². The van der Waals surface area contributed by atoms with Crippen LogP contribution in [0.3, 0.4) is 0 Å². The molecule has 0 aromatic heterocycles. The zero-order valence-corrected chi connectivity index (χ0v) is 19.1. The molecular formula is C29H23FN2O3. The van der Waals surface area contributed by atoms with E-state index in [4.69, 9.17) is 4.74 Å². The fourth-order valence-corrected chi connectivity index (χ4v) is 4.17. The molecule has 5 rings (SSSR count). The van der Waals surface area contributed by atoms with Gasteiger partial charge in [-0.05, 0) is 47.7 Å².